The van der Waals surface area contributed by atoms with E-state index in [-0.39, 0.29) is 5.82 Å². The third-order valence-electron chi connectivity index (χ3n) is 1.66. The van der Waals surface area contributed by atoms with Crippen LogP contribution in [0.15, 0.2) is 24.3 Å². The number of hydrogen-bond acceptors (Lipinski definition) is 2. The molecule has 0 amide bonds. The first-order chi connectivity index (χ1) is 5.74. The van der Waals surface area contributed by atoms with Gasteiger partial charge in [0.25, 0.3) is 0 Å². The SMILES string of the molecule is O[C@@H](CCS)c1ccc(F)cc1. The monoisotopic (exact) mass is 186 g/mol. The Morgan fingerprint density at radius 2 is 1.92 bits per heavy atom. The highest BCUT2D eigenvalue weighted by atomic mass is 32.1. The summed E-state index contributed by atoms with van der Waals surface area (Å²) in [7, 11) is 0. The highest BCUT2D eigenvalue weighted by molar-refractivity contribution is 7.80. The first kappa shape index (κ1) is 9.55. The minimum atomic E-state index is -0.525. The molecule has 0 heterocycles. The molecule has 0 aliphatic heterocycles. The van der Waals surface area contributed by atoms with E-state index in [9.17, 15) is 9.50 Å². The van der Waals surface area contributed by atoms with Gasteiger partial charge < -0.3 is 5.11 Å². The minimum Gasteiger partial charge on any atom is -0.388 e. The van der Waals surface area contributed by atoms with E-state index in [1.165, 1.54) is 12.1 Å². The van der Waals surface area contributed by atoms with Crippen molar-refractivity contribution in [2.75, 3.05) is 5.75 Å². The summed E-state index contributed by atoms with van der Waals surface area (Å²) in [5.74, 6) is 0.343. The number of rotatable bonds is 3. The average Bonchev–Trinajstić information content (AvgIpc) is 2.06. The Morgan fingerprint density at radius 1 is 1.33 bits per heavy atom. The van der Waals surface area contributed by atoms with Gasteiger partial charge >= 0.3 is 0 Å². The molecular weight excluding hydrogens is 175 g/mol. The lowest BCUT2D eigenvalue weighted by Crippen LogP contribution is -1.97. The number of benzene rings is 1. The lowest BCUT2D eigenvalue weighted by Gasteiger charge is -2.08. The molecule has 1 rings (SSSR count). The van der Waals surface area contributed by atoms with Crippen molar-refractivity contribution in [1.82, 2.24) is 0 Å². The second kappa shape index (κ2) is 4.48. The van der Waals surface area contributed by atoms with Gasteiger partial charge in [-0.25, -0.2) is 4.39 Å². The Kier molecular flexibility index (Phi) is 3.56. The molecule has 1 atom stereocenters. The molecular formula is C9H11FOS. The molecule has 0 bridgehead atoms. The molecule has 0 saturated carbocycles. The van der Waals surface area contributed by atoms with Gasteiger partial charge in [-0.2, -0.15) is 12.6 Å². The van der Waals surface area contributed by atoms with Crippen LogP contribution in [-0.2, 0) is 0 Å². The van der Waals surface area contributed by atoms with Gasteiger partial charge in [-0.3, -0.25) is 0 Å². The zero-order valence-electron chi connectivity index (χ0n) is 6.57. The smallest absolute Gasteiger partial charge is 0.123 e. The fourth-order valence-corrected chi connectivity index (χ4v) is 1.22. The summed E-state index contributed by atoms with van der Waals surface area (Å²) in [5.41, 5.74) is 0.741. The Labute approximate surface area is 76.6 Å². The topological polar surface area (TPSA) is 20.2 Å². The molecule has 0 aliphatic rings. The van der Waals surface area contributed by atoms with Gasteiger partial charge in [-0.05, 0) is 29.9 Å². The van der Waals surface area contributed by atoms with Gasteiger partial charge in [0.1, 0.15) is 5.82 Å². The summed E-state index contributed by atoms with van der Waals surface area (Å²) in [6, 6.07) is 5.86. The van der Waals surface area contributed by atoms with Crippen molar-refractivity contribution in [3.63, 3.8) is 0 Å². The maximum Gasteiger partial charge on any atom is 0.123 e. The molecule has 0 aromatic heterocycles. The summed E-state index contributed by atoms with van der Waals surface area (Å²) in [4.78, 5) is 0. The summed E-state index contributed by atoms with van der Waals surface area (Å²) >= 11 is 4.00. The normalized spacial score (nSPS) is 12.9. The third-order valence-corrected chi connectivity index (χ3v) is 1.92. The number of aliphatic hydroxyl groups excluding tert-OH is 1. The van der Waals surface area contributed by atoms with E-state index in [2.05, 4.69) is 12.6 Å². The van der Waals surface area contributed by atoms with Crippen LogP contribution in [-0.4, -0.2) is 10.9 Å². The molecule has 0 radical (unpaired) electrons. The van der Waals surface area contributed by atoms with Crippen molar-refractivity contribution >= 4 is 12.6 Å². The van der Waals surface area contributed by atoms with Crippen LogP contribution >= 0.6 is 12.6 Å². The molecule has 0 saturated heterocycles. The second-order valence-corrected chi connectivity index (χ2v) is 3.03. The van der Waals surface area contributed by atoms with E-state index in [4.69, 9.17) is 0 Å². The van der Waals surface area contributed by atoms with Crippen molar-refractivity contribution in [3.8, 4) is 0 Å². The number of thiol groups is 1. The predicted molar refractivity (Wildman–Crippen MR) is 49.8 cm³/mol. The fraction of sp³-hybridized carbons (Fsp3) is 0.333. The lowest BCUT2D eigenvalue weighted by atomic mass is 10.1. The lowest BCUT2D eigenvalue weighted by molar-refractivity contribution is 0.175. The Bertz CT molecular complexity index is 235. The molecule has 1 aromatic carbocycles. The van der Waals surface area contributed by atoms with Crippen molar-refractivity contribution in [1.29, 1.82) is 0 Å². The summed E-state index contributed by atoms with van der Waals surface area (Å²) in [5, 5.41) is 9.44. The quantitative estimate of drug-likeness (QED) is 0.693. The van der Waals surface area contributed by atoms with Gasteiger partial charge in [0.05, 0.1) is 6.10 Å². The van der Waals surface area contributed by atoms with Crippen LogP contribution in [0.5, 0.6) is 0 Å². The number of aliphatic hydroxyl groups is 1. The standard InChI is InChI=1S/C9H11FOS/c10-8-3-1-7(2-4-8)9(11)5-6-12/h1-4,9,11-12H,5-6H2/t9-/m0/s1. The first-order valence-electron chi connectivity index (χ1n) is 3.78. The Balaban J connectivity index is 2.68. The number of hydrogen-bond donors (Lipinski definition) is 2. The predicted octanol–water partition coefficient (Wildman–Crippen LogP) is 2.18. The fourth-order valence-electron chi connectivity index (χ4n) is 0.974. The van der Waals surface area contributed by atoms with Crippen molar-refractivity contribution < 1.29 is 9.50 Å². The van der Waals surface area contributed by atoms with E-state index in [1.807, 2.05) is 0 Å². The molecule has 0 unspecified atom stereocenters. The van der Waals surface area contributed by atoms with Crippen LogP contribution in [0, 0.1) is 5.82 Å². The Hall–Kier alpha value is -0.540. The van der Waals surface area contributed by atoms with Crippen LogP contribution in [0.4, 0.5) is 4.39 Å². The van der Waals surface area contributed by atoms with Crippen molar-refractivity contribution in [3.05, 3.63) is 35.6 Å². The van der Waals surface area contributed by atoms with E-state index < -0.39 is 6.10 Å². The average molecular weight is 186 g/mol. The summed E-state index contributed by atoms with van der Waals surface area (Å²) in [6.45, 7) is 0. The van der Waals surface area contributed by atoms with Crippen LogP contribution < -0.4 is 0 Å². The maximum atomic E-state index is 12.4. The minimum absolute atomic E-state index is 0.281. The summed E-state index contributed by atoms with van der Waals surface area (Å²) in [6.07, 6.45) is 0.0671. The van der Waals surface area contributed by atoms with Crippen LogP contribution in [0.3, 0.4) is 0 Å². The van der Waals surface area contributed by atoms with Crippen LogP contribution in [0.2, 0.25) is 0 Å². The van der Waals surface area contributed by atoms with E-state index in [0.29, 0.717) is 12.2 Å². The summed E-state index contributed by atoms with van der Waals surface area (Å²) < 4.78 is 12.4. The van der Waals surface area contributed by atoms with Gasteiger partial charge in [0, 0.05) is 0 Å². The molecule has 1 N–H and O–H groups in total. The van der Waals surface area contributed by atoms with Gasteiger partial charge in [0.2, 0.25) is 0 Å². The van der Waals surface area contributed by atoms with Gasteiger partial charge in [-0.15, -0.1) is 0 Å². The molecule has 66 valence electrons. The first-order valence-corrected chi connectivity index (χ1v) is 4.41. The van der Waals surface area contributed by atoms with Crippen molar-refractivity contribution in [2.24, 2.45) is 0 Å². The zero-order chi connectivity index (χ0) is 8.97. The van der Waals surface area contributed by atoms with Crippen LogP contribution in [0.1, 0.15) is 18.1 Å². The van der Waals surface area contributed by atoms with Gasteiger partial charge in [0.15, 0.2) is 0 Å². The molecule has 0 spiro atoms. The molecule has 0 aliphatic carbocycles. The molecule has 12 heavy (non-hydrogen) atoms. The van der Waals surface area contributed by atoms with E-state index in [1.54, 1.807) is 12.1 Å². The van der Waals surface area contributed by atoms with Crippen molar-refractivity contribution in [2.45, 2.75) is 12.5 Å². The van der Waals surface area contributed by atoms with Gasteiger partial charge in [-0.1, -0.05) is 12.1 Å². The molecule has 3 heteroatoms. The molecule has 1 aromatic rings. The highest BCUT2D eigenvalue weighted by Crippen LogP contribution is 2.16. The number of halogens is 1. The molecule has 0 fully saturated rings. The zero-order valence-corrected chi connectivity index (χ0v) is 7.47. The van der Waals surface area contributed by atoms with E-state index in [0.717, 1.165) is 5.56 Å². The maximum absolute atomic E-state index is 12.4. The largest absolute Gasteiger partial charge is 0.388 e. The Morgan fingerprint density at radius 3 is 2.42 bits per heavy atom. The second-order valence-electron chi connectivity index (χ2n) is 2.58. The van der Waals surface area contributed by atoms with E-state index >= 15 is 0 Å². The highest BCUT2D eigenvalue weighted by Gasteiger charge is 2.05. The van der Waals surface area contributed by atoms with Crippen LogP contribution in [0.25, 0.3) is 0 Å². The third kappa shape index (κ3) is 2.50. The molecule has 1 nitrogen and oxygen atoms in total.